The molecule has 0 amide bonds. The Balaban J connectivity index is 2.13. The van der Waals surface area contributed by atoms with Gasteiger partial charge in [0, 0.05) is 6.61 Å². The van der Waals surface area contributed by atoms with Crippen LogP contribution in [0.15, 0.2) is 0 Å². The lowest BCUT2D eigenvalue weighted by Gasteiger charge is -2.29. The number of ether oxygens (including phenoxy) is 1. The normalized spacial score (nSPS) is 42.0. The Morgan fingerprint density at radius 2 is 2.18 bits per heavy atom. The maximum absolute atomic E-state index is 5.77. The average molecular weight is 154 g/mol. The number of fused-ring (bicyclic) bond motifs is 2. The summed E-state index contributed by atoms with van der Waals surface area (Å²) in [6.45, 7) is 5.74. The van der Waals surface area contributed by atoms with E-state index in [0.717, 1.165) is 12.5 Å². The zero-order valence-electron chi connectivity index (χ0n) is 7.60. The van der Waals surface area contributed by atoms with E-state index in [1.807, 2.05) is 0 Å². The molecule has 1 nitrogen and oxygen atoms in total. The second kappa shape index (κ2) is 2.48. The SMILES string of the molecule is CC1(C)CCCC2COC1C2. The van der Waals surface area contributed by atoms with Crippen LogP contribution in [0.25, 0.3) is 0 Å². The van der Waals surface area contributed by atoms with Crippen molar-refractivity contribution in [2.75, 3.05) is 6.61 Å². The molecule has 11 heavy (non-hydrogen) atoms. The molecule has 1 aliphatic heterocycles. The second-order valence-electron chi connectivity index (χ2n) is 4.80. The topological polar surface area (TPSA) is 9.23 Å². The molecule has 0 radical (unpaired) electrons. The second-order valence-corrected chi connectivity index (χ2v) is 4.80. The number of hydrogen-bond donors (Lipinski definition) is 0. The first-order chi connectivity index (χ1) is 5.18. The summed E-state index contributed by atoms with van der Waals surface area (Å²) in [4.78, 5) is 0. The fourth-order valence-electron chi connectivity index (χ4n) is 2.44. The van der Waals surface area contributed by atoms with Crippen molar-refractivity contribution in [2.45, 2.75) is 45.6 Å². The fraction of sp³-hybridized carbons (Fsp3) is 1.00. The van der Waals surface area contributed by atoms with Crippen LogP contribution in [-0.2, 0) is 4.74 Å². The van der Waals surface area contributed by atoms with Crippen LogP contribution < -0.4 is 0 Å². The van der Waals surface area contributed by atoms with Gasteiger partial charge >= 0.3 is 0 Å². The van der Waals surface area contributed by atoms with E-state index in [4.69, 9.17) is 4.74 Å². The van der Waals surface area contributed by atoms with Gasteiger partial charge in [0.1, 0.15) is 0 Å². The molecule has 2 aliphatic rings. The monoisotopic (exact) mass is 154 g/mol. The standard InChI is InChI=1S/C10H18O/c1-10(2)5-3-4-8-6-9(10)11-7-8/h8-9H,3-7H2,1-2H3. The Morgan fingerprint density at radius 3 is 3.00 bits per heavy atom. The molecule has 1 aliphatic carbocycles. The third-order valence-corrected chi connectivity index (χ3v) is 3.39. The third-order valence-electron chi connectivity index (χ3n) is 3.39. The maximum Gasteiger partial charge on any atom is 0.0629 e. The van der Waals surface area contributed by atoms with Crippen LogP contribution in [0.3, 0.4) is 0 Å². The Kier molecular flexibility index (Phi) is 1.71. The van der Waals surface area contributed by atoms with Crippen LogP contribution >= 0.6 is 0 Å². The van der Waals surface area contributed by atoms with Gasteiger partial charge in [0.25, 0.3) is 0 Å². The van der Waals surface area contributed by atoms with Gasteiger partial charge in [0.15, 0.2) is 0 Å². The van der Waals surface area contributed by atoms with Crippen molar-refractivity contribution in [3.8, 4) is 0 Å². The molecule has 2 fully saturated rings. The molecule has 1 heterocycles. The van der Waals surface area contributed by atoms with Gasteiger partial charge in [-0.05, 0) is 30.6 Å². The van der Waals surface area contributed by atoms with Crippen LogP contribution in [-0.4, -0.2) is 12.7 Å². The van der Waals surface area contributed by atoms with Crippen LogP contribution in [0.4, 0.5) is 0 Å². The van der Waals surface area contributed by atoms with Crippen molar-refractivity contribution in [2.24, 2.45) is 11.3 Å². The molecular weight excluding hydrogens is 136 g/mol. The van der Waals surface area contributed by atoms with Crippen LogP contribution in [0.1, 0.15) is 39.5 Å². The Hall–Kier alpha value is -0.0400. The molecule has 1 saturated carbocycles. The van der Waals surface area contributed by atoms with Gasteiger partial charge in [-0.1, -0.05) is 20.3 Å². The van der Waals surface area contributed by atoms with Gasteiger partial charge in [-0.2, -0.15) is 0 Å². The van der Waals surface area contributed by atoms with E-state index in [0.29, 0.717) is 11.5 Å². The maximum atomic E-state index is 5.77. The van der Waals surface area contributed by atoms with Crippen LogP contribution in [0.2, 0.25) is 0 Å². The van der Waals surface area contributed by atoms with Gasteiger partial charge in [0.05, 0.1) is 6.10 Å². The smallest absolute Gasteiger partial charge is 0.0629 e. The minimum atomic E-state index is 0.450. The fourth-order valence-corrected chi connectivity index (χ4v) is 2.44. The zero-order chi connectivity index (χ0) is 7.90. The Bertz CT molecular complexity index is 151. The predicted molar refractivity (Wildman–Crippen MR) is 45.5 cm³/mol. The summed E-state index contributed by atoms with van der Waals surface area (Å²) >= 11 is 0. The van der Waals surface area contributed by atoms with Crippen molar-refractivity contribution in [1.29, 1.82) is 0 Å². The van der Waals surface area contributed by atoms with Gasteiger partial charge < -0.3 is 4.74 Å². The highest BCUT2D eigenvalue weighted by Gasteiger charge is 2.39. The van der Waals surface area contributed by atoms with E-state index in [2.05, 4.69) is 13.8 Å². The van der Waals surface area contributed by atoms with Gasteiger partial charge in [-0.3, -0.25) is 0 Å². The summed E-state index contributed by atoms with van der Waals surface area (Å²) in [7, 11) is 0. The van der Waals surface area contributed by atoms with Crippen molar-refractivity contribution in [3.05, 3.63) is 0 Å². The number of hydrogen-bond acceptors (Lipinski definition) is 1. The van der Waals surface area contributed by atoms with E-state index in [-0.39, 0.29) is 0 Å². The van der Waals surface area contributed by atoms with Crippen molar-refractivity contribution in [3.63, 3.8) is 0 Å². The molecule has 1 heteroatoms. The first-order valence-electron chi connectivity index (χ1n) is 4.80. The molecule has 64 valence electrons. The Labute approximate surface area is 69.1 Å². The van der Waals surface area contributed by atoms with E-state index >= 15 is 0 Å². The van der Waals surface area contributed by atoms with E-state index in [1.54, 1.807) is 0 Å². The number of rotatable bonds is 0. The summed E-state index contributed by atoms with van der Waals surface area (Å²) < 4.78 is 5.77. The molecular formula is C10H18O. The van der Waals surface area contributed by atoms with Gasteiger partial charge in [0.2, 0.25) is 0 Å². The van der Waals surface area contributed by atoms with Crippen molar-refractivity contribution >= 4 is 0 Å². The lowest BCUT2D eigenvalue weighted by Crippen LogP contribution is -2.27. The third kappa shape index (κ3) is 1.31. The highest BCUT2D eigenvalue weighted by atomic mass is 16.5. The van der Waals surface area contributed by atoms with E-state index in [1.165, 1.54) is 25.7 Å². The average Bonchev–Trinajstić information content (AvgIpc) is 2.30. The lowest BCUT2D eigenvalue weighted by atomic mass is 9.82. The van der Waals surface area contributed by atoms with Gasteiger partial charge in [-0.15, -0.1) is 0 Å². The van der Waals surface area contributed by atoms with Crippen molar-refractivity contribution in [1.82, 2.24) is 0 Å². The molecule has 0 aromatic heterocycles. The summed E-state index contributed by atoms with van der Waals surface area (Å²) in [6.07, 6.45) is 6.06. The summed E-state index contributed by atoms with van der Waals surface area (Å²) in [5.41, 5.74) is 0.450. The molecule has 0 N–H and O–H groups in total. The molecule has 0 spiro atoms. The molecule has 2 rings (SSSR count). The lowest BCUT2D eigenvalue weighted by molar-refractivity contribution is 0.00766. The van der Waals surface area contributed by atoms with E-state index < -0.39 is 0 Å². The van der Waals surface area contributed by atoms with Crippen LogP contribution in [0, 0.1) is 11.3 Å². The van der Waals surface area contributed by atoms with E-state index in [9.17, 15) is 0 Å². The predicted octanol–water partition coefficient (Wildman–Crippen LogP) is 2.60. The zero-order valence-corrected chi connectivity index (χ0v) is 7.60. The summed E-state index contributed by atoms with van der Waals surface area (Å²) in [6, 6.07) is 0. The molecule has 2 atom stereocenters. The minimum Gasteiger partial charge on any atom is -0.377 e. The molecule has 0 aromatic carbocycles. The first-order valence-corrected chi connectivity index (χ1v) is 4.80. The Morgan fingerprint density at radius 1 is 1.36 bits per heavy atom. The largest absolute Gasteiger partial charge is 0.377 e. The molecule has 1 saturated heterocycles. The highest BCUT2D eigenvalue weighted by molar-refractivity contribution is 4.88. The quantitative estimate of drug-likeness (QED) is 0.521. The van der Waals surface area contributed by atoms with Crippen LogP contribution in [0.5, 0.6) is 0 Å². The highest BCUT2D eigenvalue weighted by Crippen LogP contribution is 2.42. The van der Waals surface area contributed by atoms with Gasteiger partial charge in [-0.25, -0.2) is 0 Å². The summed E-state index contributed by atoms with van der Waals surface area (Å²) in [5.74, 6) is 0.891. The first kappa shape index (κ1) is 7.60. The molecule has 2 unspecified atom stereocenters. The minimum absolute atomic E-state index is 0.450. The summed E-state index contributed by atoms with van der Waals surface area (Å²) in [5, 5.41) is 0. The van der Waals surface area contributed by atoms with Crippen molar-refractivity contribution < 1.29 is 4.74 Å². The molecule has 0 aromatic rings. The molecule has 2 bridgehead atoms.